The number of carbonyl (C=O) groups excluding carboxylic acids is 2. The lowest BCUT2D eigenvalue weighted by molar-refractivity contribution is -0.131. The fourth-order valence-electron chi connectivity index (χ4n) is 2.23. The molecule has 0 radical (unpaired) electrons. The van der Waals surface area contributed by atoms with Gasteiger partial charge in [-0.25, -0.2) is 0 Å². The third-order valence-corrected chi connectivity index (χ3v) is 3.33. The molecule has 1 atom stereocenters. The highest BCUT2D eigenvalue weighted by atomic mass is 16.5. The molecule has 1 unspecified atom stereocenters. The summed E-state index contributed by atoms with van der Waals surface area (Å²) < 4.78 is 5.13. The number of hydrogen-bond acceptors (Lipinski definition) is 3. The van der Waals surface area contributed by atoms with E-state index in [0.29, 0.717) is 13.1 Å². The average Bonchev–Trinajstić information content (AvgIpc) is 2.53. The van der Waals surface area contributed by atoms with E-state index in [9.17, 15) is 9.59 Å². The van der Waals surface area contributed by atoms with Crippen molar-refractivity contribution in [3.63, 3.8) is 0 Å². The molecule has 124 valence electrons. The molecule has 0 aliphatic heterocycles. The first-order valence-electron chi connectivity index (χ1n) is 7.42. The quantitative estimate of drug-likeness (QED) is 0.712. The van der Waals surface area contributed by atoms with Crippen LogP contribution in [0.4, 0.5) is 0 Å². The van der Waals surface area contributed by atoms with Crippen molar-refractivity contribution in [1.82, 2.24) is 10.2 Å². The minimum absolute atomic E-state index is 0.0700. The van der Waals surface area contributed by atoms with Gasteiger partial charge in [-0.15, -0.1) is 13.2 Å². The van der Waals surface area contributed by atoms with Crippen molar-refractivity contribution in [3.8, 4) is 5.75 Å². The third-order valence-electron chi connectivity index (χ3n) is 3.33. The largest absolute Gasteiger partial charge is 0.497 e. The Balaban J connectivity index is 2.91. The van der Waals surface area contributed by atoms with Gasteiger partial charge >= 0.3 is 0 Å². The Labute approximate surface area is 137 Å². The monoisotopic (exact) mass is 316 g/mol. The molecule has 0 aliphatic rings. The SMILES string of the molecule is C=CCN(CC=C)C(=O)CC(NC(C)=O)c1ccc(OC)cc1. The second-order valence-corrected chi connectivity index (χ2v) is 5.11. The number of amides is 2. The van der Waals surface area contributed by atoms with Gasteiger partial charge in [0, 0.05) is 20.0 Å². The Hall–Kier alpha value is -2.56. The molecule has 0 bridgehead atoms. The van der Waals surface area contributed by atoms with Gasteiger partial charge in [0.1, 0.15) is 5.75 Å². The summed E-state index contributed by atoms with van der Waals surface area (Å²) in [7, 11) is 1.59. The van der Waals surface area contributed by atoms with Gasteiger partial charge < -0.3 is 15.0 Å². The molecular weight excluding hydrogens is 292 g/mol. The maximum atomic E-state index is 12.5. The zero-order valence-corrected chi connectivity index (χ0v) is 13.7. The van der Waals surface area contributed by atoms with Gasteiger partial charge in [-0.3, -0.25) is 9.59 Å². The molecule has 5 heteroatoms. The van der Waals surface area contributed by atoms with Gasteiger partial charge in [0.2, 0.25) is 11.8 Å². The molecule has 0 aromatic heterocycles. The van der Waals surface area contributed by atoms with Crippen LogP contribution >= 0.6 is 0 Å². The molecule has 2 amide bonds. The molecule has 0 spiro atoms. The minimum Gasteiger partial charge on any atom is -0.497 e. The second kappa shape index (κ2) is 9.46. The number of carbonyl (C=O) groups is 2. The summed E-state index contributed by atoms with van der Waals surface area (Å²) in [5, 5.41) is 2.82. The summed E-state index contributed by atoms with van der Waals surface area (Å²) in [6, 6.07) is 6.92. The predicted octanol–water partition coefficient (Wildman–Crippen LogP) is 2.46. The highest BCUT2D eigenvalue weighted by Gasteiger charge is 2.20. The van der Waals surface area contributed by atoms with Crippen LogP contribution in [-0.2, 0) is 9.59 Å². The Morgan fingerprint density at radius 3 is 2.22 bits per heavy atom. The van der Waals surface area contributed by atoms with E-state index in [1.807, 2.05) is 12.1 Å². The summed E-state index contributed by atoms with van der Waals surface area (Å²) >= 11 is 0. The van der Waals surface area contributed by atoms with E-state index in [1.165, 1.54) is 6.92 Å². The fourth-order valence-corrected chi connectivity index (χ4v) is 2.23. The van der Waals surface area contributed by atoms with E-state index in [0.717, 1.165) is 11.3 Å². The van der Waals surface area contributed by atoms with Gasteiger partial charge in [-0.05, 0) is 17.7 Å². The first kappa shape index (κ1) is 18.5. The van der Waals surface area contributed by atoms with Crippen molar-refractivity contribution in [3.05, 3.63) is 55.1 Å². The lowest BCUT2D eigenvalue weighted by Gasteiger charge is -2.24. The van der Waals surface area contributed by atoms with E-state index in [1.54, 1.807) is 36.3 Å². The molecule has 0 heterocycles. The topological polar surface area (TPSA) is 58.6 Å². The maximum absolute atomic E-state index is 12.5. The number of hydrogen-bond donors (Lipinski definition) is 1. The number of rotatable bonds is 9. The smallest absolute Gasteiger partial charge is 0.225 e. The molecule has 0 aliphatic carbocycles. The van der Waals surface area contributed by atoms with Gasteiger partial charge in [0.15, 0.2) is 0 Å². The summed E-state index contributed by atoms with van der Waals surface area (Å²) in [5.74, 6) is 0.471. The van der Waals surface area contributed by atoms with Crippen LogP contribution in [0.5, 0.6) is 5.75 Å². The van der Waals surface area contributed by atoms with E-state index < -0.39 is 0 Å². The Morgan fingerprint density at radius 2 is 1.78 bits per heavy atom. The predicted molar refractivity (Wildman–Crippen MR) is 91.1 cm³/mol. The van der Waals surface area contributed by atoms with Gasteiger partial charge in [0.05, 0.1) is 19.6 Å². The van der Waals surface area contributed by atoms with Gasteiger partial charge in [0.25, 0.3) is 0 Å². The summed E-state index contributed by atoms with van der Waals surface area (Å²) in [5.41, 5.74) is 0.853. The van der Waals surface area contributed by atoms with Crippen molar-refractivity contribution in [1.29, 1.82) is 0 Å². The second-order valence-electron chi connectivity index (χ2n) is 5.11. The van der Waals surface area contributed by atoms with Crippen LogP contribution in [-0.4, -0.2) is 36.9 Å². The fraction of sp³-hybridized carbons (Fsp3) is 0.333. The van der Waals surface area contributed by atoms with E-state index in [2.05, 4.69) is 18.5 Å². The van der Waals surface area contributed by atoms with E-state index >= 15 is 0 Å². The number of methoxy groups -OCH3 is 1. The van der Waals surface area contributed by atoms with Crippen molar-refractivity contribution < 1.29 is 14.3 Å². The molecule has 0 saturated carbocycles. The summed E-state index contributed by atoms with van der Waals surface area (Å²) in [6.07, 6.45) is 3.51. The first-order chi connectivity index (χ1) is 11.0. The number of benzene rings is 1. The van der Waals surface area contributed by atoms with Crippen LogP contribution in [0, 0.1) is 0 Å². The zero-order chi connectivity index (χ0) is 17.2. The van der Waals surface area contributed by atoms with E-state index in [4.69, 9.17) is 4.74 Å². The van der Waals surface area contributed by atoms with Crippen molar-refractivity contribution in [2.24, 2.45) is 0 Å². The lowest BCUT2D eigenvalue weighted by Crippen LogP contribution is -2.36. The average molecular weight is 316 g/mol. The molecule has 5 nitrogen and oxygen atoms in total. The molecule has 1 N–H and O–H groups in total. The lowest BCUT2D eigenvalue weighted by atomic mass is 10.0. The van der Waals surface area contributed by atoms with Crippen molar-refractivity contribution in [2.45, 2.75) is 19.4 Å². The minimum atomic E-state index is -0.386. The van der Waals surface area contributed by atoms with E-state index in [-0.39, 0.29) is 24.3 Å². The van der Waals surface area contributed by atoms with Crippen LogP contribution in [0.1, 0.15) is 24.9 Å². The standard InChI is InChI=1S/C18H24N2O3/c1-5-11-20(12-6-2)18(22)13-17(19-14(3)21)15-7-9-16(23-4)10-8-15/h5-10,17H,1-2,11-13H2,3-4H3,(H,19,21). The third kappa shape index (κ3) is 5.98. The highest BCUT2D eigenvalue weighted by Crippen LogP contribution is 2.21. The molecule has 1 aromatic rings. The molecule has 1 rings (SSSR count). The molecular formula is C18H24N2O3. The maximum Gasteiger partial charge on any atom is 0.225 e. The Morgan fingerprint density at radius 1 is 1.22 bits per heavy atom. The van der Waals surface area contributed by atoms with Gasteiger partial charge in [-0.1, -0.05) is 24.3 Å². The van der Waals surface area contributed by atoms with Crippen LogP contribution in [0.2, 0.25) is 0 Å². The molecule has 23 heavy (non-hydrogen) atoms. The summed E-state index contributed by atoms with van der Waals surface area (Å²) in [6.45, 7) is 9.64. The number of ether oxygens (including phenoxy) is 1. The van der Waals surface area contributed by atoms with Crippen LogP contribution in [0.25, 0.3) is 0 Å². The number of nitrogens with one attached hydrogen (secondary N) is 1. The molecule has 1 aromatic carbocycles. The number of nitrogens with zero attached hydrogens (tertiary/aromatic N) is 1. The zero-order valence-electron chi connectivity index (χ0n) is 13.7. The molecule has 0 saturated heterocycles. The van der Waals surface area contributed by atoms with Crippen LogP contribution in [0.15, 0.2) is 49.6 Å². The first-order valence-corrected chi connectivity index (χ1v) is 7.42. The van der Waals surface area contributed by atoms with Gasteiger partial charge in [-0.2, -0.15) is 0 Å². The Bertz CT molecular complexity index is 542. The van der Waals surface area contributed by atoms with Crippen molar-refractivity contribution >= 4 is 11.8 Å². The Kier molecular flexibility index (Phi) is 7.60. The normalized spacial score (nSPS) is 11.2. The van der Waals surface area contributed by atoms with Crippen LogP contribution < -0.4 is 10.1 Å². The summed E-state index contributed by atoms with van der Waals surface area (Å²) in [4.78, 5) is 25.6. The van der Waals surface area contributed by atoms with Crippen molar-refractivity contribution in [2.75, 3.05) is 20.2 Å². The molecule has 0 fully saturated rings. The highest BCUT2D eigenvalue weighted by molar-refractivity contribution is 5.79. The van der Waals surface area contributed by atoms with Crippen LogP contribution in [0.3, 0.4) is 0 Å².